The summed E-state index contributed by atoms with van der Waals surface area (Å²) in [4.78, 5) is 15.2. The fourth-order valence-corrected chi connectivity index (χ4v) is 4.25. The number of nitrogens with zero attached hydrogens (tertiary/aromatic N) is 1. The molecule has 1 saturated heterocycles. The highest BCUT2D eigenvalue weighted by atomic mass is 16.5. The van der Waals surface area contributed by atoms with Gasteiger partial charge in [-0.3, -0.25) is 9.69 Å². The first-order valence-corrected chi connectivity index (χ1v) is 10.5. The van der Waals surface area contributed by atoms with Crippen molar-refractivity contribution in [1.29, 1.82) is 0 Å². The van der Waals surface area contributed by atoms with Gasteiger partial charge in [0, 0.05) is 37.2 Å². The van der Waals surface area contributed by atoms with Crippen molar-refractivity contribution in [2.45, 2.75) is 38.8 Å². The van der Waals surface area contributed by atoms with Crippen LogP contribution in [0, 0.1) is 5.92 Å². The molecule has 0 bridgehead atoms. The summed E-state index contributed by atoms with van der Waals surface area (Å²) in [6.07, 6.45) is 4.05. The number of fused-ring (bicyclic) bond motifs is 1. The Kier molecular flexibility index (Phi) is 6.40. The number of nitrogens with one attached hydrogen (secondary N) is 1. The quantitative estimate of drug-likeness (QED) is 0.770. The summed E-state index contributed by atoms with van der Waals surface area (Å²) >= 11 is 0. The second kappa shape index (κ2) is 9.35. The molecule has 4 heteroatoms. The normalized spacial score (nSPS) is 18.1. The van der Waals surface area contributed by atoms with Crippen LogP contribution in [0.3, 0.4) is 0 Å². The molecule has 0 saturated carbocycles. The molecule has 1 fully saturated rings. The summed E-state index contributed by atoms with van der Waals surface area (Å²) in [6, 6.07) is 16.5. The molecule has 0 spiro atoms. The van der Waals surface area contributed by atoms with E-state index < -0.39 is 0 Å². The van der Waals surface area contributed by atoms with E-state index in [4.69, 9.17) is 4.74 Å². The molecule has 0 radical (unpaired) electrons. The Morgan fingerprint density at radius 2 is 1.93 bits per heavy atom. The summed E-state index contributed by atoms with van der Waals surface area (Å²) in [7, 11) is 0. The number of piperidine rings is 1. The molecule has 4 nitrogen and oxygen atoms in total. The molecule has 2 aliphatic rings. The zero-order valence-electron chi connectivity index (χ0n) is 16.5. The number of ether oxygens (including phenoxy) is 1. The van der Waals surface area contributed by atoms with Crippen LogP contribution in [0.2, 0.25) is 0 Å². The van der Waals surface area contributed by atoms with E-state index in [0.29, 0.717) is 18.9 Å². The third-order valence-electron chi connectivity index (χ3n) is 5.93. The number of rotatable bonds is 6. The number of Topliss-reactive ketones (excluding diaryl/α,β-unsaturated/α-hetero) is 1. The van der Waals surface area contributed by atoms with Crippen molar-refractivity contribution in [2.75, 3.05) is 26.2 Å². The van der Waals surface area contributed by atoms with E-state index in [1.165, 1.54) is 18.4 Å². The molecular formula is C24H30N2O2. The summed E-state index contributed by atoms with van der Waals surface area (Å²) in [5.74, 6) is 1.88. The van der Waals surface area contributed by atoms with E-state index in [-0.39, 0.29) is 5.78 Å². The third kappa shape index (κ3) is 5.00. The molecule has 148 valence electrons. The van der Waals surface area contributed by atoms with E-state index in [1.807, 2.05) is 18.2 Å². The van der Waals surface area contributed by atoms with Gasteiger partial charge in [-0.15, -0.1) is 0 Å². The molecule has 2 aromatic rings. The van der Waals surface area contributed by atoms with Crippen LogP contribution in [0.5, 0.6) is 5.75 Å². The smallest absolute Gasteiger partial charge is 0.162 e. The molecule has 4 rings (SSSR count). The maximum absolute atomic E-state index is 12.8. The van der Waals surface area contributed by atoms with Gasteiger partial charge in [-0.25, -0.2) is 0 Å². The van der Waals surface area contributed by atoms with Crippen molar-refractivity contribution >= 4 is 5.78 Å². The Morgan fingerprint density at radius 1 is 1.11 bits per heavy atom. The molecule has 0 unspecified atom stereocenters. The zero-order valence-corrected chi connectivity index (χ0v) is 16.5. The van der Waals surface area contributed by atoms with Crippen molar-refractivity contribution in [2.24, 2.45) is 5.92 Å². The lowest BCUT2D eigenvalue weighted by Gasteiger charge is -2.22. The first kappa shape index (κ1) is 19.2. The molecule has 0 atom stereocenters. The van der Waals surface area contributed by atoms with E-state index >= 15 is 0 Å². The molecule has 2 aromatic carbocycles. The summed E-state index contributed by atoms with van der Waals surface area (Å²) in [5, 5.41) is 3.39. The Hall–Kier alpha value is -2.17. The first-order valence-electron chi connectivity index (χ1n) is 10.5. The monoisotopic (exact) mass is 378 g/mol. The Bertz CT molecular complexity index is 784. The number of carbonyl (C=O) groups is 1. The van der Waals surface area contributed by atoms with Crippen LogP contribution >= 0.6 is 0 Å². The minimum atomic E-state index is 0.264. The van der Waals surface area contributed by atoms with Gasteiger partial charge in [-0.2, -0.15) is 0 Å². The number of hydrogen-bond donors (Lipinski definition) is 1. The van der Waals surface area contributed by atoms with E-state index in [9.17, 15) is 4.79 Å². The maximum atomic E-state index is 12.8. The highest BCUT2D eigenvalue weighted by molar-refractivity contribution is 5.96. The van der Waals surface area contributed by atoms with Crippen LogP contribution in [0.15, 0.2) is 48.5 Å². The molecular weight excluding hydrogens is 348 g/mol. The van der Waals surface area contributed by atoms with Gasteiger partial charge in [0.05, 0.1) is 0 Å². The largest absolute Gasteiger partial charge is 0.492 e. The summed E-state index contributed by atoms with van der Waals surface area (Å²) < 4.78 is 5.95. The summed E-state index contributed by atoms with van der Waals surface area (Å²) in [5.41, 5.74) is 3.26. The second-order valence-corrected chi connectivity index (χ2v) is 8.02. The van der Waals surface area contributed by atoms with Gasteiger partial charge in [0.2, 0.25) is 0 Å². The number of benzene rings is 2. The van der Waals surface area contributed by atoms with Crippen molar-refractivity contribution in [3.63, 3.8) is 0 Å². The molecule has 0 amide bonds. The Morgan fingerprint density at radius 3 is 2.75 bits per heavy atom. The average molecular weight is 379 g/mol. The third-order valence-corrected chi connectivity index (χ3v) is 5.93. The molecule has 0 aliphatic carbocycles. The second-order valence-electron chi connectivity index (χ2n) is 8.02. The predicted molar refractivity (Wildman–Crippen MR) is 112 cm³/mol. The highest BCUT2D eigenvalue weighted by Crippen LogP contribution is 2.27. The van der Waals surface area contributed by atoms with Gasteiger partial charge in [0.15, 0.2) is 5.78 Å². The van der Waals surface area contributed by atoms with Crippen molar-refractivity contribution in [1.82, 2.24) is 10.2 Å². The molecule has 1 N–H and O–H groups in total. The van der Waals surface area contributed by atoms with Crippen LogP contribution in [-0.2, 0) is 13.1 Å². The molecule has 2 heterocycles. The number of ketones is 1. The van der Waals surface area contributed by atoms with Gasteiger partial charge < -0.3 is 10.1 Å². The van der Waals surface area contributed by atoms with Gasteiger partial charge in [0.1, 0.15) is 12.4 Å². The maximum Gasteiger partial charge on any atom is 0.162 e. The topological polar surface area (TPSA) is 41.6 Å². The van der Waals surface area contributed by atoms with Crippen LogP contribution in [-0.4, -0.2) is 36.9 Å². The number of hydrogen-bond acceptors (Lipinski definition) is 4. The van der Waals surface area contributed by atoms with Crippen LogP contribution in [0.1, 0.15) is 47.2 Å². The van der Waals surface area contributed by atoms with Crippen molar-refractivity contribution in [3.8, 4) is 5.75 Å². The average Bonchev–Trinajstić information content (AvgIpc) is 2.94. The van der Waals surface area contributed by atoms with Crippen molar-refractivity contribution < 1.29 is 9.53 Å². The Balaban J connectivity index is 1.40. The van der Waals surface area contributed by atoms with Crippen LogP contribution in [0.25, 0.3) is 0 Å². The SMILES string of the molecule is O=C(CCC1CCNCC1)c1ccc2c(c1)CN(Cc1ccccc1)CCO2. The van der Waals surface area contributed by atoms with E-state index in [1.54, 1.807) is 0 Å². The lowest BCUT2D eigenvalue weighted by atomic mass is 9.91. The fourth-order valence-electron chi connectivity index (χ4n) is 4.25. The zero-order chi connectivity index (χ0) is 19.2. The summed E-state index contributed by atoms with van der Waals surface area (Å²) in [6.45, 7) is 5.47. The first-order chi connectivity index (χ1) is 13.8. The predicted octanol–water partition coefficient (Wildman–Crippen LogP) is 4.04. The van der Waals surface area contributed by atoms with E-state index in [2.05, 4.69) is 40.5 Å². The standard InChI is InChI=1S/C24H30N2O2/c27-23(8-6-19-10-12-25-13-11-19)21-7-9-24-22(16-21)18-26(14-15-28-24)17-20-4-2-1-3-5-20/h1-5,7,9,16,19,25H,6,8,10-15,17-18H2. The molecule has 2 aliphatic heterocycles. The lowest BCUT2D eigenvalue weighted by molar-refractivity contribution is 0.0970. The highest BCUT2D eigenvalue weighted by Gasteiger charge is 2.19. The van der Waals surface area contributed by atoms with Gasteiger partial charge in [0.25, 0.3) is 0 Å². The molecule has 28 heavy (non-hydrogen) atoms. The molecule has 0 aromatic heterocycles. The number of carbonyl (C=O) groups excluding carboxylic acids is 1. The van der Waals surface area contributed by atoms with Gasteiger partial charge in [-0.05, 0) is 62.0 Å². The lowest BCUT2D eigenvalue weighted by Crippen LogP contribution is -2.28. The van der Waals surface area contributed by atoms with Gasteiger partial charge >= 0.3 is 0 Å². The van der Waals surface area contributed by atoms with Gasteiger partial charge in [-0.1, -0.05) is 30.3 Å². The Labute approximate surface area is 167 Å². The minimum absolute atomic E-state index is 0.264. The van der Waals surface area contributed by atoms with E-state index in [0.717, 1.165) is 56.0 Å². The minimum Gasteiger partial charge on any atom is -0.492 e. The van der Waals surface area contributed by atoms with Crippen LogP contribution < -0.4 is 10.1 Å². The van der Waals surface area contributed by atoms with Crippen LogP contribution in [0.4, 0.5) is 0 Å². The fraction of sp³-hybridized carbons (Fsp3) is 0.458. The van der Waals surface area contributed by atoms with Crippen molar-refractivity contribution in [3.05, 3.63) is 65.2 Å².